The number of aryl methyl sites for hydroxylation is 1. The van der Waals surface area contributed by atoms with Gasteiger partial charge in [0.2, 0.25) is 5.91 Å². The van der Waals surface area contributed by atoms with Gasteiger partial charge in [0, 0.05) is 37.9 Å². The van der Waals surface area contributed by atoms with Crippen LogP contribution in [0.15, 0.2) is 0 Å². The first-order chi connectivity index (χ1) is 12.8. The van der Waals surface area contributed by atoms with Crippen molar-refractivity contribution in [1.82, 2.24) is 19.7 Å². The number of hydrogen-bond acceptors (Lipinski definition) is 3. The second-order valence-electron chi connectivity index (χ2n) is 9.55. The van der Waals surface area contributed by atoms with Crippen molar-refractivity contribution in [3.05, 3.63) is 11.6 Å². The Morgan fingerprint density at radius 3 is 2.42 bits per heavy atom. The van der Waals surface area contributed by atoms with Gasteiger partial charge in [-0.15, -0.1) is 10.2 Å². The van der Waals surface area contributed by atoms with Crippen LogP contribution in [0.1, 0.15) is 68.9 Å². The number of hydrogen-bond donors (Lipinski definition) is 0. The third-order valence-corrected chi connectivity index (χ3v) is 8.33. The molecular formula is C21H30N4O. The molecule has 5 nitrogen and oxygen atoms in total. The monoisotopic (exact) mass is 354 g/mol. The van der Waals surface area contributed by atoms with E-state index in [-0.39, 0.29) is 0 Å². The first kappa shape index (κ1) is 15.6. The van der Waals surface area contributed by atoms with Crippen LogP contribution in [-0.2, 0) is 17.8 Å². The van der Waals surface area contributed by atoms with E-state index < -0.39 is 0 Å². The van der Waals surface area contributed by atoms with Crippen molar-refractivity contribution in [3.8, 4) is 0 Å². The maximum Gasteiger partial charge on any atom is 0.226 e. The van der Waals surface area contributed by atoms with E-state index in [1.165, 1.54) is 50.2 Å². The molecule has 3 saturated carbocycles. The molecule has 5 heteroatoms. The molecule has 4 atom stereocenters. The Bertz CT molecular complexity index is 704. The van der Waals surface area contributed by atoms with Crippen molar-refractivity contribution in [3.63, 3.8) is 0 Å². The van der Waals surface area contributed by atoms with Gasteiger partial charge in [0.1, 0.15) is 11.6 Å². The smallest absolute Gasteiger partial charge is 0.226 e. The maximum atomic E-state index is 13.1. The number of amides is 1. The van der Waals surface area contributed by atoms with Gasteiger partial charge in [-0.3, -0.25) is 4.79 Å². The van der Waals surface area contributed by atoms with E-state index in [1.54, 1.807) is 0 Å². The van der Waals surface area contributed by atoms with Gasteiger partial charge in [0.25, 0.3) is 0 Å². The minimum atomic E-state index is 0.405. The molecule has 140 valence electrons. The number of aromatic nitrogens is 3. The van der Waals surface area contributed by atoms with E-state index in [9.17, 15) is 4.79 Å². The van der Waals surface area contributed by atoms with Crippen LogP contribution in [-0.4, -0.2) is 38.7 Å². The summed E-state index contributed by atoms with van der Waals surface area (Å²) in [4.78, 5) is 15.3. The van der Waals surface area contributed by atoms with E-state index in [0.29, 0.717) is 17.7 Å². The van der Waals surface area contributed by atoms with Gasteiger partial charge >= 0.3 is 0 Å². The van der Waals surface area contributed by atoms with Crippen molar-refractivity contribution in [1.29, 1.82) is 0 Å². The van der Waals surface area contributed by atoms with Gasteiger partial charge in [0.05, 0.1) is 0 Å². The Balaban J connectivity index is 1.11. The van der Waals surface area contributed by atoms with Gasteiger partial charge in [-0.2, -0.15) is 0 Å². The second-order valence-corrected chi connectivity index (χ2v) is 9.55. The van der Waals surface area contributed by atoms with Crippen LogP contribution >= 0.6 is 0 Å². The van der Waals surface area contributed by atoms with Crippen LogP contribution in [0.5, 0.6) is 0 Å². The van der Waals surface area contributed by atoms with Gasteiger partial charge in [-0.1, -0.05) is 6.42 Å². The number of piperidine rings is 1. The molecule has 2 aliphatic heterocycles. The molecule has 6 rings (SSSR count). The van der Waals surface area contributed by atoms with Gasteiger partial charge in [0.15, 0.2) is 0 Å². The second kappa shape index (κ2) is 5.80. The Labute approximate surface area is 155 Å². The first-order valence-electron chi connectivity index (χ1n) is 11.0. The van der Waals surface area contributed by atoms with Gasteiger partial charge in [-0.25, -0.2) is 0 Å². The van der Waals surface area contributed by atoms with E-state index in [0.717, 1.165) is 62.6 Å². The lowest BCUT2D eigenvalue weighted by Gasteiger charge is -2.32. The highest BCUT2D eigenvalue weighted by atomic mass is 16.2. The lowest BCUT2D eigenvalue weighted by molar-refractivity contribution is -0.134. The number of nitrogens with zero attached hydrogens (tertiary/aromatic N) is 4. The standard InChI is InChI=1S/C21H30N4O/c26-21(19-17-14-5-6-15(12-14)18(17)19)24-10-7-13(8-11-24)20-23-22-16-4-2-1-3-9-25(16)20/h13-15,17-19H,1-12H2. The number of likely N-dealkylation sites (tertiary alicyclic amines) is 1. The molecule has 3 heterocycles. The summed E-state index contributed by atoms with van der Waals surface area (Å²) in [6, 6.07) is 0. The lowest BCUT2D eigenvalue weighted by Crippen LogP contribution is -2.40. The summed E-state index contributed by atoms with van der Waals surface area (Å²) in [6.45, 7) is 2.94. The van der Waals surface area contributed by atoms with E-state index >= 15 is 0 Å². The number of carbonyl (C=O) groups is 1. The van der Waals surface area contributed by atoms with Crippen LogP contribution in [0.2, 0.25) is 0 Å². The van der Waals surface area contributed by atoms with Crippen molar-refractivity contribution < 1.29 is 4.79 Å². The molecule has 1 aromatic heterocycles. The quantitative estimate of drug-likeness (QED) is 0.820. The average molecular weight is 354 g/mol. The van der Waals surface area contributed by atoms with Crippen LogP contribution in [0.3, 0.4) is 0 Å². The van der Waals surface area contributed by atoms with Crippen LogP contribution in [0.25, 0.3) is 0 Å². The summed E-state index contributed by atoms with van der Waals surface area (Å²) >= 11 is 0. The average Bonchev–Trinajstić information content (AvgIpc) is 2.95. The molecule has 1 amide bonds. The topological polar surface area (TPSA) is 51.0 Å². The summed E-state index contributed by atoms with van der Waals surface area (Å²) in [5, 5.41) is 9.04. The highest BCUT2D eigenvalue weighted by molar-refractivity contribution is 5.83. The molecule has 3 aliphatic carbocycles. The summed E-state index contributed by atoms with van der Waals surface area (Å²) in [5.41, 5.74) is 0. The molecule has 0 spiro atoms. The molecule has 0 aromatic carbocycles. The Morgan fingerprint density at radius 2 is 1.65 bits per heavy atom. The van der Waals surface area contributed by atoms with Crippen molar-refractivity contribution >= 4 is 5.91 Å². The third kappa shape index (κ3) is 2.24. The SMILES string of the molecule is O=C(C1C2C3CCC(C3)C12)N1CCC(c2nnc3n2CCCCC3)CC1. The van der Waals surface area contributed by atoms with E-state index in [1.807, 2.05) is 0 Å². The van der Waals surface area contributed by atoms with Crippen molar-refractivity contribution in [2.24, 2.45) is 29.6 Å². The molecule has 1 saturated heterocycles. The largest absolute Gasteiger partial charge is 0.342 e. The highest BCUT2D eigenvalue weighted by Gasteiger charge is 2.68. The molecule has 0 N–H and O–H groups in total. The highest BCUT2D eigenvalue weighted by Crippen LogP contribution is 2.69. The fourth-order valence-corrected chi connectivity index (χ4v) is 7.03. The zero-order valence-electron chi connectivity index (χ0n) is 15.6. The molecule has 4 unspecified atom stereocenters. The predicted octanol–water partition coefficient (Wildman–Crippen LogP) is 3.00. The van der Waals surface area contributed by atoms with E-state index in [4.69, 9.17) is 0 Å². The predicted molar refractivity (Wildman–Crippen MR) is 97.4 cm³/mol. The zero-order chi connectivity index (χ0) is 17.3. The summed E-state index contributed by atoms with van der Waals surface area (Å²) < 4.78 is 2.40. The maximum absolute atomic E-state index is 13.1. The van der Waals surface area contributed by atoms with Gasteiger partial charge in [-0.05, 0) is 68.6 Å². The molecule has 1 aromatic rings. The lowest BCUT2D eigenvalue weighted by atomic mass is 9.94. The van der Waals surface area contributed by atoms with Crippen LogP contribution in [0, 0.1) is 29.6 Å². The fourth-order valence-electron chi connectivity index (χ4n) is 7.03. The van der Waals surface area contributed by atoms with Crippen molar-refractivity contribution in [2.45, 2.75) is 70.3 Å². The number of rotatable bonds is 2. The normalized spacial score (nSPS) is 38.8. The molecular weight excluding hydrogens is 324 g/mol. The van der Waals surface area contributed by atoms with Gasteiger partial charge < -0.3 is 9.47 Å². The van der Waals surface area contributed by atoms with E-state index in [2.05, 4.69) is 19.7 Å². The minimum absolute atomic E-state index is 0.405. The molecule has 2 bridgehead atoms. The Kier molecular flexibility index (Phi) is 3.49. The minimum Gasteiger partial charge on any atom is -0.342 e. The number of fused-ring (bicyclic) bond motifs is 6. The molecule has 4 fully saturated rings. The number of carbonyl (C=O) groups excluding carboxylic acids is 1. The summed E-state index contributed by atoms with van der Waals surface area (Å²) in [7, 11) is 0. The summed E-state index contributed by atoms with van der Waals surface area (Å²) in [6.07, 6.45) is 11.2. The fraction of sp³-hybridized carbons (Fsp3) is 0.857. The molecule has 0 radical (unpaired) electrons. The Hall–Kier alpha value is -1.39. The molecule has 26 heavy (non-hydrogen) atoms. The van der Waals surface area contributed by atoms with Crippen LogP contribution in [0.4, 0.5) is 0 Å². The first-order valence-corrected chi connectivity index (χ1v) is 11.0. The van der Waals surface area contributed by atoms with Crippen LogP contribution < -0.4 is 0 Å². The molecule has 5 aliphatic rings. The summed E-state index contributed by atoms with van der Waals surface area (Å²) in [5.74, 6) is 7.11. The Morgan fingerprint density at radius 1 is 0.885 bits per heavy atom. The zero-order valence-corrected chi connectivity index (χ0v) is 15.6. The van der Waals surface area contributed by atoms with Crippen molar-refractivity contribution in [2.75, 3.05) is 13.1 Å². The third-order valence-electron chi connectivity index (χ3n) is 8.33.